The Morgan fingerprint density at radius 3 is 2.70 bits per heavy atom. The predicted octanol–water partition coefficient (Wildman–Crippen LogP) is 2.64. The first-order valence-corrected chi connectivity index (χ1v) is 6.62. The van der Waals surface area contributed by atoms with E-state index in [0.717, 1.165) is 25.7 Å². The maximum atomic E-state index is 13.2. The number of likely N-dealkylation sites (N-methyl/N-ethyl adjacent to an activating group) is 1. The van der Waals surface area contributed by atoms with Gasteiger partial charge in [0.1, 0.15) is 18.2 Å². The molecule has 0 atom stereocenters. The van der Waals surface area contributed by atoms with Crippen molar-refractivity contribution in [2.24, 2.45) is 0 Å². The molecule has 0 saturated heterocycles. The minimum atomic E-state index is -1.08. The second-order valence-electron chi connectivity index (χ2n) is 4.23. The molecule has 0 aliphatic heterocycles. The van der Waals surface area contributed by atoms with Crippen molar-refractivity contribution >= 4 is 12.0 Å². The molecule has 1 rings (SSSR count). The summed E-state index contributed by atoms with van der Waals surface area (Å²) in [4.78, 5) is 12.7. The lowest BCUT2D eigenvalue weighted by Crippen LogP contribution is -2.28. The van der Waals surface area contributed by atoms with Gasteiger partial charge in [-0.3, -0.25) is 0 Å². The van der Waals surface area contributed by atoms with Crippen LogP contribution in [0.4, 0.5) is 4.39 Å². The number of benzene rings is 1. The smallest absolute Gasteiger partial charge is 0.328 e. The third-order valence-corrected chi connectivity index (χ3v) is 2.94. The molecule has 0 unspecified atom stereocenters. The highest BCUT2D eigenvalue weighted by Crippen LogP contribution is 2.21. The average Bonchev–Trinajstić information content (AvgIpc) is 2.43. The third kappa shape index (κ3) is 5.40. The summed E-state index contributed by atoms with van der Waals surface area (Å²) in [6.07, 6.45) is 2.30. The normalized spacial score (nSPS) is 11.2. The maximum absolute atomic E-state index is 13.2. The monoisotopic (exact) mass is 281 g/mol. The zero-order valence-corrected chi connectivity index (χ0v) is 11.8. The SMILES string of the molecule is CCN(CC)CCOc1ccc(F)cc1/C=C/C(=O)O. The fourth-order valence-electron chi connectivity index (χ4n) is 1.77. The number of ether oxygens (including phenoxy) is 1. The molecule has 1 aromatic carbocycles. The largest absolute Gasteiger partial charge is 0.492 e. The number of carboxylic acid groups (broad SMARTS) is 1. The van der Waals surface area contributed by atoms with Gasteiger partial charge in [0.05, 0.1) is 0 Å². The van der Waals surface area contributed by atoms with E-state index in [1.807, 2.05) is 0 Å². The molecule has 0 radical (unpaired) electrons. The number of carbonyl (C=O) groups is 1. The van der Waals surface area contributed by atoms with Crippen LogP contribution in [-0.4, -0.2) is 42.2 Å². The Balaban J connectivity index is 2.71. The Morgan fingerprint density at radius 1 is 1.40 bits per heavy atom. The minimum absolute atomic E-state index is 0.423. The molecule has 0 aliphatic carbocycles. The molecule has 0 bridgehead atoms. The van der Waals surface area contributed by atoms with Gasteiger partial charge in [0.2, 0.25) is 0 Å². The van der Waals surface area contributed by atoms with E-state index in [2.05, 4.69) is 18.7 Å². The van der Waals surface area contributed by atoms with Crippen LogP contribution in [0.25, 0.3) is 6.08 Å². The average molecular weight is 281 g/mol. The topological polar surface area (TPSA) is 49.8 Å². The molecule has 1 aromatic rings. The van der Waals surface area contributed by atoms with Crippen LogP contribution >= 0.6 is 0 Å². The van der Waals surface area contributed by atoms with Crippen LogP contribution in [0, 0.1) is 5.82 Å². The molecule has 0 heterocycles. The second-order valence-corrected chi connectivity index (χ2v) is 4.23. The number of hydrogen-bond donors (Lipinski definition) is 1. The van der Waals surface area contributed by atoms with Crippen molar-refractivity contribution in [2.45, 2.75) is 13.8 Å². The summed E-state index contributed by atoms with van der Waals surface area (Å²) in [5.74, 6) is -1.02. The predicted molar refractivity (Wildman–Crippen MR) is 76.4 cm³/mol. The summed E-state index contributed by atoms with van der Waals surface area (Å²) in [5.41, 5.74) is 0.423. The van der Waals surface area contributed by atoms with Gasteiger partial charge in [-0.05, 0) is 37.4 Å². The van der Waals surface area contributed by atoms with Gasteiger partial charge >= 0.3 is 5.97 Å². The first kappa shape index (κ1) is 16.2. The molecule has 4 nitrogen and oxygen atoms in total. The van der Waals surface area contributed by atoms with Gasteiger partial charge in [0.25, 0.3) is 0 Å². The number of hydrogen-bond acceptors (Lipinski definition) is 3. The second kappa shape index (κ2) is 8.32. The molecule has 0 aromatic heterocycles. The van der Waals surface area contributed by atoms with Crippen molar-refractivity contribution in [1.82, 2.24) is 4.90 Å². The van der Waals surface area contributed by atoms with Crippen LogP contribution in [0.3, 0.4) is 0 Å². The van der Waals surface area contributed by atoms with E-state index in [0.29, 0.717) is 17.9 Å². The quantitative estimate of drug-likeness (QED) is 0.744. The van der Waals surface area contributed by atoms with E-state index < -0.39 is 11.8 Å². The van der Waals surface area contributed by atoms with Crippen LogP contribution in [0.2, 0.25) is 0 Å². The third-order valence-electron chi connectivity index (χ3n) is 2.94. The van der Waals surface area contributed by atoms with E-state index in [1.165, 1.54) is 24.3 Å². The minimum Gasteiger partial charge on any atom is -0.492 e. The van der Waals surface area contributed by atoms with Crippen LogP contribution in [0.5, 0.6) is 5.75 Å². The van der Waals surface area contributed by atoms with E-state index in [-0.39, 0.29) is 0 Å². The van der Waals surface area contributed by atoms with Crippen LogP contribution in [-0.2, 0) is 4.79 Å². The number of aliphatic carboxylic acids is 1. The highest BCUT2D eigenvalue weighted by molar-refractivity contribution is 5.85. The highest BCUT2D eigenvalue weighted by atomic mass is 19.1. The molecule has 5 heteroatoms. The van der Waals surface area contributed by atoms with Crippen molar-refractivity contribution in [3.05, 3.63) is 35.7 Å². The van der Waals surface area contributed by atoms with E-state index in [9.17, 15) is 9.18 Å². The van der Waals surface area contributed by atoms with Crippen molar-refractivity contribution in [3.63, 3.8) is 0 Å². The van der Waals surface area contributed by atoms with E-state index >= 15 is 0 Å². The van der Waals surface area contributed by atoms with Gasteiger partial charge in [0, 0.05) is 18.2 Å². The number of rotatable bonds is 8. The number of nitrogens with zero attached hydrogens (tertiary/aromatic N) is 1. The first-order valence-electron chi connectivity index (χ1n) is 6.62. The van der Waals surface area contributed by atoms with Gasteiger partial charge in [-0.25, -0.2) is 9.18 Å². The number of carboxylic acids is 1. The van der Waals surface area contributed by atoms with Gasteiger partial charge in [0.15, 0.2) is 0 Å². The first-order chi connectivity index (χ1) is 9.56. The summed E-state index contributed by atoms with van der Waals surface area (Å²) in [6, 6.07) is 4.07. The Kier molecular flexibility index (Phi) is 6.73. The lowest BCUT2D eigenvalue weighted by Gasteiger charge is -2.18. The van der Waals surface area contributed by atoms with Gasteiger partial charge < -0.3 is 14.7 Å². The molecule has 0 aliphatic rings. The Labute approximate surface area is 118 Å². The zero-order valence-electron chi connectivity index (χ0n) is 11.8. The fraction of sp³-hybridized carbons (Fsp3) is 0.400. The van der Waals surface area contributed by atoms with Crippen molar-refractivity contribution in [1.29, 1.82) is 0 Å². The lowest BCUT2D eigenvalue weighted by atomic mass is 10.2. The van der Waals surface area contributed by atoms with E-state index in [1.54, 1.807) is 0 Å². The van der Waals surface area contributed by atoms with Crippen molar-refractivity contribution in [3.8, 4) is 5.75 Å². The summed E-state index contributed by atoms with van der Waals surface area (Å²) in [6.45, 7) is 7.27. The molecular formula is C15H20FNO3. The van der Waals surface area contributed by atoms with Crippen LogP contribution in [0.15, 0.2) is 24.3 Å². The van der Waals surface area contributed by atoms with E-state index in [4.69, 9.17) is 9.84 Å². The molecule has 0 fully saturated rings. The summed E-state index contributed by atoms with van der Waals surface area (Å²) >= 11 is 0. The van der Waals surface area contributed by atoms with Gasteiger partial charge in [-0.1, -0.05) is 13.8 Å². The Morgan fingerprint density at radius 2 is 2.10 bits per heavy atom. The number of halogens is 1. The van der Waals surface area contributed by atoms with Crippen molar-refractivity contribution in [2.75, 3.05) is 26.2 Å². The van der Waals surface area contributed by atoms with Gasteiger partial charge in [-0.2, -0.15) is 0 Å². The molecule has 0 amide bonds. The highest BCUT2D eigenvalue weighted by Gasteiger charge is 2.05. The molecule has 1 N–H and O–H groups in total. The summed E-state index contributed by atoms with van der Waals surface area (Å²) in [7, 11) is 0. The molecule has 0 spiro atoms. The van der Waals surface area contributed by atoms with Crippen LogP contribution in [0.1, 0.15) is 19.4 Å². The van der Waals surface area contributed by atoms with Crippen molar-refractivity contribution < 1.29 is 19.0 Å². The van der Waals surface area contributed by atoms with Crippen LogP contribution < -0.4 is 4.74 Å². The Hall–Kier alpha value is -1.88. The molecular weight excluding hydrogens is 261 g/mol. The maximum Gasteiger partial charge on any atom is 0.328 e. The lowest BCUT2D eigenvalue weighted by molar-refractivity contribution is -0.131. The fourth-order valence-corrected chi connectivity index (χ4v) is 1.77. The molecule has 110 valence electrons. The van der Waals surface area contributed by atoms with Gasteiger partial charge in [-0.15, -0.1) is 0 Å². The summed E-state index contributed by atoms with van der Waals surface area (Å²) < 4.78 is 18.8. The summed E-state index contributed by atoms with van der Waals surface area (Å²) in [5, 5.41) is 8.62. The molecule has 0 saturated carbocycles. The standard InChI is InChI=1S/C15H20FNO3/c1-3-17(4-2)9-10-20-14-7-6-13(16)11-12(14)5-8-15(18)19/h5-8,11H,3-4,9-10H2,1-2H3,(H,18,19)/b8-5+. The molecule has 20 heavy (non-hydrogen) atoms. The Bertz CT molecular complexity index is 470. The zero-order chi connectivity index (χ0) is 15.0.